The van der Waals surface area contributed by atoms with Crippen LogP contribution in [0.25, 0.3) is 0 Å². The van der Waals surface area contributed by atoms with Gasteiger partial charge in [-0.2, -0.15) is 0 Å². The Balaban J connectivity index is 2.23. The van der Waals surface area contributed by atoms with Gasteiger partial charge in [-0.25, -0.2) is 4.98 Å². The van der Waals surface area contributed by atoms with Crippen molar-refractivity contribution in [2.75, 3.05) is 13.7 Å². The number of ether oxygens (including phenoxy) is 1. The molecule has 1 saturated heterocycles. The summed E-state index contributed by atoms with van der Waals surface area (Å²) in [4.78, 5) is 20.6. The van der Waals surface area contributed by atoms with Crippen molar-refractivity contribution >= 4 is 17.2 Å². The Hall–Kier alpha value is -0.940. The number of aryl methyl sites for hydroxylation is 1. The van der Waals surface area contributed by atoms with Gasteiger partial charge in [0, 0.05) is 19.7 Å². The monoisotopic (exact) mass is 338 g/mol. The number of nitrogens with zero attached hydrogens (tertiary/aromatic N) is 2. The molecular formula is C18H30N2O2S. The number of carbonyl (C=O) groups is 1. The Labute approximate surface area is 144 Å². The van der Waals surface area contributed by atoms with Gasteiger partial charge in [0.15, 0.2) is 0 Å². The first-order chi connectivity index (χ1) is 10.9. The van der Waals surface area contributed by atoms with Gasteiger partial charge in [0.25, 0.3) is 5.91 Å². The molecule has 1 amide bonds. The molecule has 1 aliphatic heterocycles. The Morgan fingerprint density at radius 2 is 2.09 bits per heavy atom. The summed E-state index contributed by atoms with van der Waals surface area (Å²) in [5, 5.41) is 0.892. The molecular weight excluding hydrogens is 308 g/mol. The van der Waals surface area contributed by atoms with Crippen LogP contribution in [-0.2, 0) is 4.74 Å². The third kappa shape index (κ3) is 4.54. The number of hydrogen-bond acceptors (Lipinski definition) is 4. The van der Waals surface area contributed by atoms with Crippen LogP contribution in [0.2, 0.25) is 0 Å². The van der Waals surface area contributed by atoms with E-state index in [4.69, 9.17) is 4.74 Å². The molecule has 2 rings (SSSR count). The predicted octanol–water partition coefficient (Wildman–Crippen LogP) is 4.59. The molecule has 1 aliphatic rings. The van der Waals surface area contributed by atoms with Gasteiger partial charge < -0.3 is 9.64 Å². The number of hydrogen-bond donors (Lipinski definition) is 0. The summed E-state index contributed by atoms with van der Waals surface area (Å²) in [5.74, 6) is 0.780. The zero-order chi connectivity index (χ0) is 17.0. The minimum Gasteiger partial charge on any atom is -0.375 e. The van der Waals surface area contributed by atoms with E-state index in [9.17, 15) is 4.79 Å². The second-order valence-electron chi connectivity index (χ2n) is 6.98. The highest BCUT2D eigenvalue weighted by atomic mass is 32.1. The fourth-order valence-corrected chi connectivity index (χ4v) is 4.31. The number of thiazole rings is 1. The Morgan fingerprint density at radius 3 is 2.74 bits per heavy atom. The molecule has 2 heterocycles. The zero-order valence-electron chi connectivity index (χ0n) is 15.1. The third-order valence-corrected chi connectivity index (χ3v) is 5.90. The van der Waals surface area contributed by atoms with E-state index in [0.29, 0.717) is 12.0 Å². The predicted molar refractivity (Wildman–Crippen MR) is 95.0 cm³/mol. The summed E-state index contributed by atoms with van der Waals surface area (Å²) in [6.07, 6.45) is 5.73. The van der Waals surface area contributed by atoms with Crippen LogP contribution in [0.5, 0.6) is 0 Å². The SMILES string of the molecule is CO[C@@H](C)c1nc(C)c(C(=O)N2CCCCC[C@H]2CC(C)C)s1. The second kappa shape index (κ2) is 8.25. The highest BCUT2D eigenvalue weighted by molar-refractivity contribution is 7.13. The minimum absolute atomic E-state index is 0.0594. The topological polar surface area (TPSA) is 42.4 Å². The van der Waals surface area contributed by atoms with Gasteiger partial charge >= 0.3 is 0 Å². The van der Waals surface area contributed by atoms with Crippen LogP contribution in [0.15, 0.2) is 0 Å². The second-order valence-corrected chi connectivity index (χ2v) is 8.01. The number of carbonyl (C=O) groups excluding carboxylic acids is 1. The molecule has 5 heteroatoms. The molecule has 0 N–H and O–H groups in total. The Kier molecular flexibility index (Phi) is 6.60. The van der Waals surface area contributed by atoms with E-state index in [1.807, 2.05) is 13.8 Å². The van der Waals surface area contributed by atoms with Gasteiger partial charge in [0.1, 0.15) is 16.0 Å². The van der Waals surface area contributed by atoms with E-state index in [1.165, 1.54) is 24.2 Å². The average Bonchev–Trinajstić information content (AvgIpc) is 2.75. The lowest BCUT2D eigenvalue weighted by Gasteiger charge is -2.31. The summed E-state index contributed by atoms with van der Waals surface area (Å²) in [6, 6.07) is 0.370. The fraction of sp³-hybridized carbons (Fsp3) is 0.778. The number of methoxy groups -OCH3 is 1. The van der Waals surface area contributed by atoms with Crippen molar-refractivity contribution in [3.63, 3.8) is 0 Å². The fourth-order valence-electron chi connectivity index (χ4n) is 3.25. The largest absolute Gasteiger partial charge is 0.375 e. The molecule has 0 radical (unpaired) electrons. The highest BCUT2D eigenvalue weighted by Gasteiger charge is 2.29. The molecule has 0 unspecified atom stereocenters. The molecule has 0 saturated carbocycles. The van der Waals surface area contributed by atoms with Crippen LogP contribution in [0.3, 0.4) is 0 Å². The third-order valence-electron chi connectivity index (χ3n) is 4.59. The van der Waals surface area contributed by atoms with Gasteiger partial charge in [0.05, 0.1) is 5.69 Å². The molecule has 1 fully saturated rings. The van der Waals surface area contributed by atoms with Gasteiger partial charge in [-0.3, -0.25) is 4.79 Å². The number of aromatic nitrogens is 1. The first-order valence-electron chi connectivity index (χ1n) is 8.75. The molecule has 0 bridgehead atoms. The van der Waals surface area contributed by atoms with Crippen LogP contribution in [0.4, 0.5) is 0 Å². The van der Waals surface area contributed by atoms with Crippen molar-refractivity contribution in [2.24, 2.45) is 5.92 Å². The van der Waals surface area contributed by atoms with Crippen LogP contribution in [0, 0.1) is 12.8 Å². The van der Waals surface area contributed by atoms with E-state index in [1.54, 1.807) is 7.11 Å². The first kappa shape index (κ1) is 18.4. The van der Waals surface area contributed by atoms with Gasteiger partial charge in [-0.15, -0.1) is 11.3 Å². The van der Waals surface area contributed by atoms with E-state index >= 15 is 0 Å². The molecule has 23 heavy (non-hydrogen) atoms. The maximum atomic E-state index is 13.1. The maximum Gasteiger partial charge on any atom is 0.266 e. The molecule has 2 atom stereocenters. The standard InChI is InChI=1S/C18H30N2O2S/c1-12(2)11-15-9-7-6-8-10-20(15)18(21)16-13(3)19-17(23-16)14(4)22-5/h12,14-15H,6-11H2,1-5H3/t14-,15-/m0/s1. The summed E-state index contributed by atoms with van der Waals surface area (Å²) in [7, 11) is 1.68. The molecule has 1 aromatic rings. The molecule has 0 aromatic carbocycles. The molecule has 0 aliphatic carbocycles. The maximum absolute atomic E-state index is 13.1. The average molecular weight is 339 g/mol. The van der Waals surface area contributed by atoms with Gasteiger partial charge in [-0.1, -0.05) is 26.7 Å². The van der Waals surface area contributed by atoms with Crippen LogP contribution < -0.4 is 0 Å². The van der Waals surface area contributed by atoms with E-state index in [-0.39, 0.29) is 12.0 Å². The summed E-state index contributed by atoms with van der Waals surface area (Å²) < 4.78 is 5.35. The van der Waals surface area contributed by atoms with Crippen LogP contribution in [0.1, 0.15) is 79.4 Å². The van der Waals surface area contributed by atoms with Gasteiger partial charge in [-0.05, 0) is 39.0 Å². The number of rotatable bonds is 5. The zero-order valence-corrected chi connectivity index (χ0v) is 15.9. The highest BCUT2D eigenvalue weighted by Crippen LogP contribution is 2.29. The summed E-state index contributed by atoms with van der Waals surface area (Å²) >= 11 is 1.49. The molecule has 0 spiro atoms. The number of likely N-dealkylation sites (tertiary alicyclic amines) is 1. The van der Waals surface area contributed by atoms with Crippen molar-refractivity contribution < 1.29 is 9.53 Å². The van der Waals surface area contributed by atoms with Crippen molar-refractivity contribution in [3.05, 3.63) is 15.6 Å². The Bertz CT molecular complexity index is 527. The lowest BCUT2D eigenvalue weighted by atomic mass is 9.98. The van der Waals surface area contributed by atoms with E-state index in [2.05, 4.69) is 23.7 Å². The van der Waals surface area contributed by atoms with E-state index in [0.717, 1.165) is 41.4 Å². The first-order valence-corrected chi connectivity index (χ1v) is 9.56. The summed E-state index contributed by atoms with van der Waals surface area (Å²) in [6.45, 7) is 9.27. The van der Waals surface area contributed by atoms with Crippen molar-refractivity contribution in [2.45, 2.75) is 71.9 Å². The quantitative estimate of drug-likeness (QED) is 0.788. The lowest BCUT2D eigenvalue weighted by Crippen LogP contribution is -2.40. The van der Waals surface area contributed by atoms with E-state index < -0.39 is 0 Å². The molecule has 1 aromatic heterocycles. The minimum atomic E-state index is -0.0594. The van der Waals surface area contributed by atoms with Crippen molar-refractivity contribution in [1.29, 1.82) is 0 Å². The van der Waals surface area contributed by atoms with Gasteiger partial charge in [0.2, 0.25) is 0 Å². The Morgan fingerprint density at radius 1 is 1.35 bits per heavy atom. The normalized spacial score (nSPS) is 20.6. The molecule has 4 nitrogen and oxygen atoms in total. The van der Waals surface area contributed by atoms with Crippen molar-refractivity contribution in [1.82, 2.24) is 9.88 Å². The summed E-state index contributed by atoms with van der Waals surface area (Å²) in [5.41, 5.74) is 0.839. The number of amides is 1. The smallest absolute Gasteiger partial charge is 0.266 e. The van der Waals surface area contributed by atoms with Crippen LogP contribution >= 0.6 is 11.3 Å². The van der Waals surface area contributed by atoms with Crippen LogP contribution in [-0.4, -0.2) is 35.5 Å². The lowest BCUT2D eigenvalue weighted by molar-refractivity contribution is 0.0665. The molecule has 130 valence electrons. The van der Waals surface area contributed by atoms with Crippen molar-refractivity contribution in [3.8, 4) is 0 Å².